The molecule has 3 heterocycles. The molecule has 2 N–H and O–H groups in total. The third kappa shape index (κ3) is 3.02. The Morgan fingerprint density at radius 1 is 1.20 bits per heavy atom. The van der Waals surface area contributed by atoms with Gasteiger partial charge in [-0.25, -0.2) is 4.98 Å². The van der Waals surface area contributed by atoms with Crippen molar-refractivity contribution in [3.8, 4) is 0 Å². The van der Waals surface area contributed by atoms with Crippen molar-refractivity contribution in [2.75, 3.05) is 6.54 Å². The summed E-state index contributed by atoms with van der Waals surface area (Å²) >= 11 is 1.59. The van der Waals surface area contributed by atoms with Crippen molar-refractivity contribution >= 4 is 11.8 Å². The molecule has 2 aromatic heterocycles. The average Bonchev–Trinajstić information content (AvgIpc) is 2.70. The molecule has 5 nitrogen and oxygen atoms in total. The highest BCUT2D eigenvalue weighted by atomic mass is 32.2. The molecule has 1 aliphatic rings. The minimum absolute atomic E-state index is 0.659. The molecular weight excluding hydrogens is 270 g/mol. The van der Waals surface area contributed by atoms with E-state index in [0.29, 0.717) is 6.54 Å². The van der Waals surface area contributed by atoms with Crippen LogP contribution < -0.4 is 5.73 Å². The van der Waals surface area contributed by atoms with E-state index in [9.17, 15) is 0 Å². The number of fused-ring (bicyclic) bond motifs is 1. The summed E-state index contributed by atoms with van der Waals surface area (Å²) in [6.45, 7) is 1.68. The second-order valence-corrected chi connectivity index (χ2v) is 5.99. The van der Waals surface area contributed by atoms with Crippen molar-refractivity contribution in [2.45, 2.75) is 48.8 Å². The largest absolute Gasteiger partial charge is 0.330 e. The van der Waals surface area contributed by atoms with Crippen LogP contribution in [0.2, 0.25) is 0 Å². The minimum atomic E-state index is 0.659. The van der Waals surface area contributed by atoms with Crippen molar-refractivity contribution in [3.63, 3.8) is 0 Å². The zero-order chi connectivity index (χ0) is 13.8. The Kier molecular flexibility index (Phi) is 4.32. The monoisotopic (exact) mass is 289 g/mol. The van der Waals surface area contributed by atoms with Crippen LogP contribution in [0.15, 0.2) is 28.5 Å². The van der Waals surface area contributed by atoms with Crippen molar-refractivity contribution in [3.05, 3.63) is 29.7 Å². The topological polar surface area (TPSA) is 69.6 Å². The first kappa shape index (κ1) is 13.6. The fourth-order valence-electron chi connectivity index (χ4n) is 2.41. The molecule has 0 radical (unpaired) electrons. The molecule has 2 aromatic rings. The van der Waals surface area contributed by atoms with E-state index in [1.54, 1.807) is 11.8 Å². The predicted molar refractivity (Wildman–Crippen MR) is 78.7 cm³/mol. The van der Waals surface area contributed by atoms with Gasteiger partial charge in [-0.2, -0.15) is 0 Å². The third-order valence-electron chi connectivity index (χ3n) is 3.50. The van der Waals surface area contributed by atoms with Gasteiger partial charge in [0, 0.05) is 19.2 Å². The zero-order valence-electron chi connectivity index (χ0n) is 11.5. The molecule has 0 spiro atoms. The molecule has 0 saturated carbocycles. The minimum Gasteiger partial charge on any atom is -0.330 e. The van der Waals surface area contributed by atoms with Crippen LogP contribution in [0.25, 0.3) is 0 Å². The molecule has 0 atom stereocenters. The summed E-state index contributed by atoms with van der Waals surface area (Å²) in [6, 6.07) is 4.12. The maximum atomic E-state index is 5.54. The number of hydrogen-bond donors (Lipinski definition) is 1. The van der Waals surface area contributed by atoms with Gasteiger partial charge in [-0.05, 0) is 49.2 Å². The highest BCUT2D eigenvalue weighted by molar-refractivity contribution is 7.99. The van der Waals surface area contributed by atoms with E-state index < -0.39 is 0 Å². The number of aromatic nitrogens is 4. The highest BCUT2D eigenvalue weighted by Crippen LogP contribution is 2.27. The standard InChI is InChI=1S/C14H19N5S/c15-8-7-11-5-6-13(16-10-11)20-14-18-17-12-4-2-1-3-9-19(12)14/h5-6,10H,1-4,7-9,15H2. The lowest BCUT2D eigenvalue weighted by Gasteiger charge is -2.06. The lowest BCUT2D eigenvalue weighted by atomic mass is 10.2. The second kappa shape index (κ2) is 6.37. The molecule has 0 amide bonds. The first-order valence-corrected chi connectivity index (χ1v) is 7.93. The lowest BCUT2D eigenvalue weighted by Crippen LogP contribution is -2.03. The van der Waals surface area contributed by atoms with Gasteiger partial charge in [0.05, 0.1) is 0 Å². The van der Waals surface area contributed by atoms with E-state index in [1.807, 2.05) is 12.3 Å². The van der Waals surface area contributed by atoms with Crippen LogP contribution in [0.4, 0.5) is 0 Å². The van der Waals surface area contributed by atoms with Gasteiger partial charge in [0.15, 0.2) is 5.16 Å². The maximum absolute atomic E-state index is 5.54. The summed E-state index contributed by atoms with van der Waals surface area (Å²) in [5.74, 6) is 1.12. The van der Waals surface area contributed by atoms with Gasteiger partial charge in [0.1, 0.15) is 10.9 Å². The van der Waals surface area contributed by atoms with E-state index in [-0.39, 0.29) is 0 Å². The quantitative estimate of drug-likeness (QED) is 0.933. The summed E-state index contributed by atoms with van der Waals surface area (Å²) in [5, 5.41) is 10.5. The molecule has 3 rings (SSSR count). The van der Waals surface area contributed by atoms with Gasteiger partial charge in [-0.3, -0.25) is 0 Å². The molecule has 0 unspecified atom stereocenters. The van der Waals surface area contributed by atoms with E-state index in [0.717, 1.165) is 35.4 Å². The van der Waals surface area contributed by atoms with E-state index in [1.165, 1.54) is 24.8 Å². The third-order valence-corrected chi connectivity index (χ3v) is 4.44. The number of rotatable bonds is 4. The SMILES string of the molecule is NCCc1ccc(Sc2nnc3n2CCCCC3)nc1. The normalized spacial score (nSPS) is 14.8. The molecular formula is C14H19N5S. The molecule has 1 aliphatic heterocycles. The Hall–Kier alpha value is -1.40. The Bertz CT molecular complexity index is 563. The number of aryl methyl sites for hydroxylation is 1. The van der Waals surface area contributed by atoms with Crippen LogP contribution in [-0.2, 0) is 19.4 Å². The Morgan fingerprint density at radius 2 is 2.15 bits per heavy atom. The summed E-state index contributed by atoms with van der Waals surface area (Å²) in [7, 11) is 0. The van der Waals surface area contributed by atoms with Crippen LogP contribution in [0.5, 0.6) is 0 Å². The molecule has 0 fully saturated rings. The Balaban J connectivity index is 1.76. The van der Waals surface area contributed by atoms with Crippen LogP contribution in [-0.4, -0.2) is 26.3 Å². The van der Waals surface area contributed by atoms with Crippen LogP contribution >= 0.6 is 11.8 Å². The average molecular weight is 289 g/mol. The first-order chi connectivity index (χ1) is 9.86. The summed E-state index contributed by atoms with van der Waals surface area (Å²) in [4.78, 5) is 4.47. The molecule has 106 valence electrons. The van der Waals surface area contributed by atoms with Crippen LogP contribution in [0.3, 0.4) is 0 Å². The Morgan fingerprint density at radius 3 is 2.95 bits per heavy atom. The molecule has 6 heteroatoms. The van der Waals surface area contributed by atoms with Gasteiger partial charge in [0.2, 0.25) is 0 Å². The zero-order valence-corrected chi connectivity index (χ0v) is 12.3. The van der Waals surface area contributed by atoms with Gasteiger partial charge in [-0.1, -0.05) is 12.5 Å². The van der Waals surface area contributed by atoms with Gasteiger partial charge >= 0.3 is 0 Å². The first-order valence-electron chi connectivity index (χ1n) is 7.12. The van der Waals surface area contributed by atoms with E-state index in [4.69, 9.17) is 5.73 Å². The van der Waals surface area contributed by atoms with Gasteiger partial charge in [-0.15, -0.1) is 10.2 Å². The van der Waals surface area contributed by atoms with E-state index >= 15 is 0 Å². The van der Waals surface area contributed by atoms with Gasteiger partial charge in [0.25, 0.3) is 0 Å². The molecule has 20 heavy (non-hydrogen) atoms. The number of nitrogens with two attached hydrogens (primary N) is 1. The summed E-state index contributed by atoms with van der Waals surface area (Å²) < 4.78 is 2.24. The maximum Gasteiger partial charge on any atom is 0.197 e. The molecule has 0 bridgehead atoms. The Labute approximate surface area is 123 Å². The van der Waals surface area contributed by atoms with Crippen molar-refractivity contribution in [1.82, 2.24) is 19.7 Å². The summed E-state index contributed by atoms with van der Waals surface area (Å²) in [6.07, 6.45) is 7.51. The number of pyridine rings is 1. The van der Waals surface area contributed by atoms with E-state index in [2.05, 4.69) is 25.8 Å². The fraction of sp³-hybridized carbons (Fsp3) is 0.500. The number of nitrogens with zero attached hydrogens (tertiary/aromatic N) is 4. The predicted octanol–water partition coefficient (Wildman–Crippen LogP) is 2.05. The van der Waals surface area contributed by atoms with Gasteiger partial charge < -0.3 is 10.3 Å². The number of hydrogen-bond acceptors (Lipinski definition) is 5. The van der Waals surface area contributed by atoms with Crippen LogP contribution in [0, 0.1) is 0 Å². The highest BCUT2D eigenvalue weighted by Gasteiger charge is 2.15. The second-order valence-electron chi connectivity index (χ2n) is 5.01. The molecule has 0 saturated heterocycles. The smallest absolute Gasteiger partial charge is 0.197 e. The van der Waals surface area contributed by atoms with Crippen molar-refractivity contribution in [2.24, 2.45) is 5.73 Å². The van der Waals surface area contributed by atoms with Crippen molar-refractivity contribution < 1.29 is 0 Å². The van der Waals surface area contributed by atoms with Crippen LogP contribution in [0.1, 0.15) is 30.7 Å². The summed E-state index contributed by atoms with van der Waals surface area (Å²) in [5.41, 5.74) is 6.72. The lowest BCUT2D eigenvalue weighted by molar-refractivity contribution is 0.590. The van der Waals surface area contributed by atoms with Crippen molar-refractivity contribution in [1.29, 1.82) is 0 Å². The molecule has 0 aromatic carbocycles. The molecule has 0 aliphatic carbocycles. The fourth-order valence-corrected chi connectivity index (χ4v) is 3.23.